The van der Waals surface area contributed by atoms with Gasteiger partial charge in [-0.25, -0.2) is 4.39 Å². The van der Waals surface area contributed by atoms with Crippen LogP contribution in [0, 0.1) is 35.0 Å². The topological polar surface area (TPSA) is 37.3 Å². The Hall–Kier alpha value is -0.440. The van der Waals surface area contributed by atoms with E-state index >= 15 is 4.39 Å². The summed E-state index contributed by atoms with van der Waals surface area (Å²) in [7, 11) is 0. The number of rotatable bonds is 1. The average molecular weight is 336 g/mol. The van der Waals surface area contributed by atoms with Gasteiger partial charge in [0, 0.05) is 5.92 Å². The van der Waals surface area contributed by atoms with Gasteiger partial charge in [0.15, 0.2) is 0 Å². The highest BCUT2D eigenvalue weighted by molar-refractivity contribution is 5.79. The molecule has 24 heavy (non-hydrogen) atoms. The molecule has 0 bridgehead atoms. The predicted octanol–water partition coefficient (Wildman–Crippen LogP) is 4.69. The number of carbonyl (C=O) groups excluding carboxylic acids is 1. The fraction of sp³-hybridized carbons (Fsp3) is 0.952. The molecule has 2 nitrogen and oxygen atoms in total. The maximum atomic E-state index is 16.2. The standard InChI is InChI=1S/C21H33FO2/c1-13(23)16-6-7-17-15-5-4-14-12-19(2,24)10-11-21(14,22)18(15)8-9-20(16,17)3/h14-18,24H,4-12H2,1-3H3/t14-,15+,16-,17+,18?,19-,20-,21-/m1/s1. The number of hydrogen-bond donors (Lipinski definition) is 1. The fourth-order valence-electron chi connectivity index (χ4n) is 7.65. The van der Waals surface area contributed by atoms with Crippen molar-refractivity contribution in [1.82, 2.24) is 0 Å². The van der Waals surface area contributed by atoms with E-state index in [4.69, 9.17) is 0 Å². The van der Waals surface area contributed by atoms with Crippen molar-refractivity contribution in [3.63, 3.8) is 0 Å². The molecule has 1 N–H and O–H groups in total. The van der Waals surface area contributed by atoms with Crippen LogP contribution in [0.1, 0.15) is 78.6 Å². The van der Waals surface area contributed by atoms with Gasteiger partial charge in [0.2, 0.25) is 0 Å². The van der Waals surface area contributed by atoms with Crippen LogP contribution in [0.2, 0.25) is 0 Å². The van der Waals surface area contributed by atoms with E-state index in [1.165, 1.54) is 0 Å². The van der Waals surface area contributed by atoms with Crippen LogP contribution in [0.4, 0.5) is 4.39 Å². The number of fused-ring (bicyclic) bond motifs is 5. The van der Waals surface area contributed by atoms with Gasteiger partial charge in [0.05, 0.1) is 5.60 Å². The quantitative estimate of drug-likeness (QED) is 0.754. The Labute approximate surface area is 145 Å². The first-order chi connectivity index (χ1) is 11.2. The Bertz CT molecular complexity index is 544. The summed E-state index contributed by atoms with van der Waals surface area (Å²) in [6.07, 6.45) is 7.86. The summed E-state index contributed by atoms with van der Waals surface area (Å²) in [6, 6.07) is 0. The normalized spacial score (nSPS) is 57.0. The first kappa shape index (κ1) is 17.0. The lowest BCUT2D eigenvalue weighted by molar-refractivity contribution is -0.165. The molecule has 0 aliphatic heterocycles. The van der Waals surface area contributed by atoms with Gasteiger partial charge in [0.25, 0.3) is 0 Å². The molecule has 4 saturated carbocycles. The van der Waals surface area contributed by atoms with E-state index in [2.05, 4.69) is 6.92 Å². The number of carbonyl (C=O) groups is 1. The fourth-order valence-corrected chi connectivity index (χ4v) is 7.65. The Kier molecular flexibility index (Phi) is 3.74. The zero-order chi connectivity index (χ0) is 17.3. The summed E-state index contributed by atoms with van der Waals surface area (Å²) >= 11 is 0. The first-order valence-electron chi connectivity index (χ1n) is 10.1. The molecule has 0 aromatic rings. The largest absolute Gasteiger partial charge is 0.390 e. The van der Waals surface area contributed by atoms with Gasteiger partial charge < -0.3 is 5.11 Å². The number of hydrogen-bond acceptors (Lipinski definition) is 2. The van der Waals surface area contributed by atoms with Gasteiger partial charge in [-0.2, -0.15) is 0 Å². The van der Waals surface area contributed by atoms with Crippen LogP contribution in [0.5, 0.6) is 0 Å². The lowest BCUT2D eigenvalue weighted by atomic mass is 9.48. The van der Waals surface area contributed by atoms with E-state index in [0.717, 1.165) is 38.5 Å². The van der Waals surface area contributed by atoms with Crippen molar-refractivity contribution in [3.8, 4) is 0 Å². The zero-order valence-electron chi connectivity index (χ0n) is 15.5. The lowest BCUT2D eigenvalue weighted by Gasteiger charge is -2.59. The SMILES string of the molecule is CC(=O)[C@H]1CC[C@H]2[C@@H]3CC[C@@H]4C[C@](C)(O)CC[C@]4(F)C3CC[C@]12C. The van der Waals surface area contributed by atoms with E-state index in [9.17, 15) is 9.90 Å². The molecular formula is C21H33FO2. The van der Waals surface area contributed by atoms with Gasteiger partial charge in [-0.05, 0) is 101 Å². The Morgan fingerprint density at radius 2 is 1.75 bits per heavy atom. The van der Waals surface area contributed by atoms with Crippen molar-refractivity contribution in [1.29, 1.82) is 0 Å². The van der Waals surface area contributed by atoms with Crippen molar-refractivity contribution in [2.45, 2.75) is 89.8 Å². The molecule has 0 aromatic heterocycles. The highest BCUT2D eigenvalue weighted by Crippen LogP contribution is 2.66. The van der Waals surface area contributed by atoms with Crippen LogP contribution in [-0.4, -0.2) is 22.2 Å². The van der Waals surface area contributed by atoms with Crippen molar-refractivity contribution in [2.75, 3.05) is 0 Å². The number of halogens is 1. The molecule has 0 aromatic carbocycles. The molecule has 1 unspecified atom stereocenters. The monoisotopic (exact) mass is 336 g/mol. The van der Waals surface area contributed by atoms with E-state index in [-0.39, 0.29) is 23.2 Å². The summed E-state index contributed by atoms with van der Waals surface area (Å²) in [6.45, 7) is 5.95. The second-order valence-electron chi connectivity index (χ2n) is 10.1. The Morgan fingerprint density at radius 1 is 1.00 bits per heavy atom. The maximum absolute atomic E-state index is 16.2. The van der Waals surface area contributed by atoms with Gasteiger partial charge >= 0.3 is 0 Å². The van der Waals surface area contributed by atoms with Crippen molar-refractivity contribution < 1.29 is 14.3 Å². The van der Waals surface area contributed by atoms with Crippen LogP contribution in [0.3, 0.4) is 0 Å². The van der Waals surface area contributed by atoms with Gasteiger partial charge in [-0.15, -0.1) is 0 Å². The summed E-state index contributed by atoms with van der Waals surface area (Å²) in [5.41, 5.74) is -1.64. The van der Waals surface area contributed by atoms with Crippen molar-refractivity contribution in [2.24, 2.45) is 35.0 Å². The summed E-state index contributed by atoms with van der Waals surface area (Å²) in [4.78, 5) is 12.1. The highest BCUT2D eigenvalue weighted by atomic mass is 19.1. The third kappa shape index (κ3) is 2.26. The molecule has 8 atom stereocenters. The molecule has 4 aliphatic rings. The summed E-state index contributed by atoms with van der Waals surface area (Å²) in [5, 5.41) is 10.4. The Balaban J connectivity index is 1.61. The molecule has 136 valence electrons. The zero-order valence-corrected chi connectivity index (χ0v) is 15.5. The third-order valence-electron chi connectivity index (χ3n) is 8.80. The first-order valence-corrected chi connectivity index (χ1v) is 10.1. The summed E-state index contributed by atoms with van der Waals surface area (Å²) < 4.78 is 16.2. The molecule has 0 amide bonds. The van der Waals surface area contributed by atoms with Crippen molar-refractivity contribution >= 4 is 5.78 Å². The maximum Gasteiger partial charge on any atom is 0.133 e. The highest BCUT2D eigenvalue weighted by Gasteiger charge is 2.63. The molecule has 0 saturated heterocycles. The van der Waals surface area contributed by atoms with E-state index in [0.29, 0.717) is 36.9 Å². The minimum absolute atomic E-state index is 0.0388. The molecule has 4 fully saturated rings. The molecule has 4 rings (SSSR count). The van der Waals surface area contributed by atoms with Gasteiger partial charge in [-0.1, -0.05) is 6.92 Å². The minimum atomic E-state index is -1.07. The van der Waals surface area contributed by atoms with E-state index < -0.39 is 11.3 Å². The van der Waals surface area contributed by atoms with E-state index in [1.807, 2.05) is 6.92 Å². The molecule has 3 heteroatoms. The predicted molar refractivity (Wildman–Crippen MR) is 92.3 cm³/mol. The lowest BCUT2D eigenvalue weighted by Crippen LogP contribution is -2.58. The third-order valence-corrected chi connectivity index (χ3v) is 8.80. The molecule has 4 aliphatic carbocycles. The van der Waals surface area contributed by atoms with Crippen LogP contribution in [-0.2, 0) is 4.79 Å². The molecular weight excluding hydrogens is 303 g/mol. The average Bonchev–Trinajstić information content (AvgIpc) is 2.85. The van der Waals surface area contributed by atoms with Crippen LogP contribution in [0.25, 0.3) is 0 Å². The number of aliphatic hydroxyl groups is 1. The summed E-state index contributed by atoms with van der Waals surface area (Å²) in [5.74, 6) is 1.73. The van der Waals surface area contributed by atoms with Crippen LogP contribution in [0.15, 0.2) is 0 Å². The number of ketones is 1. The second kappa shape index (κ2) is 5.28. The van der Waals surface area contributed by atoms with Crippen molar-refractivity contribution in [3.05, 3.63) is 0 Å². The van der Waals surface area contributed by atoms with E-state index in [1.54, 1.807) is 6.92 Å². The van der Waals surface area contributed by atoms with Crippen LogP contribution < -0.4 is 0 Å². The number of alkyl halides is 1. The number of Topliss-reactive ketones (excluding diaryl/α,β-unsaturated/α-hetero) is 1. The second-order valence-corrected chi connectivity index (χ2v) is 10.1. The Morgan fingerprint density at radius 3 is 2.46 bits per heavy atom. The van der Waals surface area contributed by atoms with Gasteiger partial charge in [0.1, 0.15) is 11.5 Å². The molecule has 0 spiro atoms. The smallest absolute Gasteiger partial charge is 0.133 e. The van der Waals surface area contributed by atoms with Gasteiger partial charge in [-0.3, -0.25) is 4.79 Å². The minimum Gasteiger partial charge on any atom is -0.390 e. The molecule has 0 radical (unpaired) electrons. The van der Waals surface area contributed by atoms with Crippen LogP contribution >= 0.6 is 0 Å². The molecule has 0 heterocycles.